The number of hydrogen-bond donors (Lipinski definition) is 2. The first-order valence-electron chi connectivity index (χ1n) is 8.16. The van der Waals surface area contributed by atoms with Gasteiger partial charge in [0.05, 0.1) is 11.9 Å². The third kappa shape index (κ3) is 2.92. The fourth-order valence-electron chi connectivity index (χ4n) is 2.95. The van der Waals surface area contributed by atoms with Crippen LogP contribution in [-0.2, 0) is 0 Å². The third-order valence-corrected chi connectivity index (χ3v) is 5.33. The van der Waals surface area contributed by atoms with E-state index in [1.807, 2.05) is 24.3 Å². The molecule has 4 rings (SSSR count). The van der Waals surface area contributed by atoms with Crippen LogP contribution in [0, 0.1) is 13.8 Å². The number of para-hydroxylation sites is 2. The van der Waals surface area contributed by atoms with Crippen molar-refractivity contribution in [2.45, 2.75) is 20.0 Å². The van der Waals surface area contributed by atoms with E-state index in [4.69, 9.17) is 9.47 Å². The number of rotatable bonds is 4. The highest BCUT2D eigenvalue weighted by Crippen LogP contribution is 2.34. The van der Waals surface area contributed by atoms with Crippen LogP contribution >= 0.6 is 11.3 Å². The van der Waals surface area contributed by atoms with Gasteiger partial charge in [0.25, 0.3) is 0 Å². The maximum atomic E-state index is 11.4. The zero-order chi connectivity index (χ0) is 18.3. The van der Waals surface area contributed by atoms with Crippen LogP contribution in [0.4, 0.5) is 5.82 Å². The molecular weight excluding hydrogens is 354 g/mol. The standard InChI is InChI=1S/C18H17N3O4S/c1-9-14-16(20-10(2)21-17(14)26-15(9)18(22)23)19-7-11-8-24-12-5-3-4-6-13(12)25-11/h3-6,11H,7-8H2,1-2H3,(H,22,23)(H,19,20,21)/t11-/m0/s1. The van der Waals surface area contributed by atoms with Gasteiger partial charge in [0.15, 0.2) is 11.5 Å². The van der Waals surface area contributed by atoms with Crippen molar-refractivity contribution in [3.8, 4) is 11.5 Å². The van der Waals surface area contributed by atoms with Crippen molar-refractivity contribution in [1.29, 1.82) is 0 Å². The monoisotopic (exact) mass is 371 g/mol. The second-order valence-corrected chi connectivity index (χ2v) is 7.04. The minimum absolute atomic E-state index is 0.173. The summed E-state index contributed by atoms with van der Waals surface area (Å²) < 4.78 is 11.7. The number of thiophene rings is 1. The molecule has 0 fully saturated rings. The average Bonchev–Trinajstić information content (AvgIpc) is 2.96. The molecule has 1 atom stereocenters. The highest BCUT2D eigenvalue weighted by atomic mass is 32.1. The number of benzene rings is 1. The Kier molecular flexibility index (Phi) is 4.12. The van der Waals surface area contributed by atoms with E-state index in [0.717, 1.165) is 16.9 Å². The van der Waals surface area contributed by atoms with Gasteiger partial charge >= 0.3 is 5.97 Å². The Morgan fingerprint density at radius 3 is 2.85 bits per heavy atom. The molecule has 2 N–H and O–H groups in total. The molecule has 0 amide bonds. The molecule has 1 aromatic carbocycles. The van der Waals surface area contributed by atoms with Gasteiger partial charge in [-0.3, -0.25) is 0 Å². The highest BCUT2D eigenvalue weighted by molar-refractivity contribution is 7.20. The number of anilines is 1. The molecule has 134 valence electrons. The van der Waals surface area contributed by atoms with Crippen molar-refractivity contribution in [3.05, 3.63) is 40.5 Å². The first kappa shape index (κ1) is 16.6. The summed E-state index contributed by atoms with van der Waals surface area (Å²) in [5.41, 5.74) is 0.672. The molecule has 2 aromatic heterocycles. The van der Waals surface area contributed by atoms with E-state index in [1.165, 1.54) is 11.3 Å². The predicted molar refractivity (Wildman–Crippen MR) is 98.7 cm³/mol. The molecule has 3 heterocycles. The van der Waals surface area contributed by atoms with Crippen LogP contribution in [-0.4, -0.2) is 40.3 Å². The van der Waals surface area contributed by atoms with Gasteiger partial charge in [-0.25, -0.2) is 14.8 Å². The average molecular weight is 371 g/mol. The highest BCUT2D eigenvalue weighted by Gasteiger charge is 2.23. The Morgan fingerprint density at radius 2 is 2.08 bits per heavy atom. The zero-order valence-corrected chi connectivity index (χ0v) is 15.1. The van der Waals surface area contributed by atoms with Crippen molar-refractivity contribution >= 4 is 33.3 Å². The number of nitrogens with one attached hydrogen (secondary N) is 1. The summed E-state index contributed by atoms with van der Waals surface area (Å²) in [5, 5.41) is 13.4. The Labute approximate surface area is 153 Å². The molecule has 26 heavy (non-hydrogen) atoms. The summed E-state index contributed by atoms with van der Waals surface area (Å²) in [6.45, 7) is 4.48. The summed E-state index contributed by atoms with van der Waals surface area (Å²) in [6, 6.07) is 7.55. The maximum absolute atomic E-state index is 11.4. The summed E-state index contributed by atoms with van der Waals surface area (Å²) >= 11 is 1.17. The van der Waals surface area contributed by atoms with E-state index in [9.17, 15) is 9.90 Å². The number of carboxylic acid groups (broad SMARTS) is 1. The Balaban J connectivity index is 1.59. The molecule has 0 saturated heterocycles. The smallest absolute Gasteiger partial charge is 0.346 e. The van der Waals surface area contributed by atoms with E-state index in [0.29, 0.717) is 35.2 Å². The molecule has 1 aliphatic rings. The zero-order valence-electron chi connectivity index (χ0n) is 14.3. The number of aryl methyl sites for hydroxylation is 2. The number of aromatic nitrogens is 2. The van der Waals surface area contributed by atoms with Crippen LogP contribution in [0.2, 0.25) is 0 Å². The molecule has 0 saturated carbocycles. The molecule has 8 heteroatoms. The van der Waals surface area contributed by atoms with Crippen LogP contribution in [0.3, 0.4) is 0 Å². The van der Waals surface area contributed by atoms with Gasteiger partial charge in [-0.15, -0.1) is 11.3 Å². The lowest BCUT2D eigenvalue weighted by Crippen LogP contribution is -2.35. The van der Waals surface area contributed by atoms with Crippen LogP contribution in [0.1, 0.15) is 21.1 Å². The van der Waals surface area contributed by atoms with Gasteiger partial charge in [0.2, 0.25) is 0 Å². The van der Waals surface area contributed by atoms with Crippen molar-refractivity contribution in [2.24, 2.45) is 0 Å². The molecule has 3 aromatic rings. The fraction of sp³-hybridized carbons (Fsp3) is 0.278. The van der Waals surface area contributed by atoms with Crippen LogP contribution in [0.5, 0.6) is 11.5 Å². The molecule has 0 spiro atoms. The summed E-state index contributed by atoms with van der Waals surface area (Å²) in [5.74, 6) is 1.72. The van der Waals surface area contributed by atoms with Gasteiger partial charge in [-0.05, 0) is 31.5 Å². The van der Waals surface area contributed by atoms with Crippen LogP contribution in [0.15, 0.2) is 24.3 Å². The number of hydrogen-bond acceptors (Lipinski definition) is 7. The second kappa shape index (κ2) is 6.45. The Hall–Kier alpha value is -2.87. The van der Waals surface area contributed by atoms with E-state index in [2.05, 4.69) is 15.3 Å². The van der Waals surface area contributed by atoms with Crippen molar-refractivity contribution < 1.29 is 19.4 Å². The molecule has 0 radical (unpaired) electrons. The number of carbonyl (C=O) groups is 1. The largest absolute Gasteiger partial charge is 0.486 e. The fourth-order valence-corrected chi connectivity index (χ4v) is 4.02. The third-order valence-electron chi connectivity index (χ3n) is 4.16. The predicted octanol–water partition coefficient (Wildman–Crippen LogP) is 3.26. The van der Waals surface area contributed by atoms with Gasteiger partial charge in [0.1, 0.15) is 34.1 Å². The van der Waals surface area contributed by atoms with E-state index in [1.54, 1.807) is 13.8 Å². The minimum atomic E-state index is -0.949. The van der Waals surface area contributed by atoms with E-state index in [-0.39, 0.29) is 11.0 Å². The van der Waals surface area contributed by atoms with E-state index < -0.39 is 5.97 Å². The topological polar surface area (TPSA) is 93.6 Å². The van der Waals surface area contributed by atoms with Crippen molar-refractivity contribution in [2.75, 3.05) is 18.5 Å². The lowest BCUT2D eigenvalue weighted by Gasteiger charge is -2.26. The molecule has 7 nitrogen and oxygen atoms in total. The second-order valence-electron chi connectivity index (χ2n) is 6.04. The van der Waals surface area contributed by atoms with Gasteiger partial charge in [0, 0.05) is 0 Å². The maximum Gasteiger partial charge on any atom is 0.346 e. The normalized spacial score (nSPS) is 15.8. The molecule has 0 unspecified atom stereocenters. The van der Waals surface area contributed by atoms with Gasteiger partial charge in [-0.2, -0.15) is 0 Å². The number of ether oxygens (including phenoxy) is 2. The van der Waals surface area contributed by atoms with Crippen molar-refractivity contribution in [3.63, 3.8) is 0 Å². The molecule has 0 aliphatic carbocycles. The first-order valence-corrected chi connectivity index (χ1v) is 8.98. The van der Waals surface area contributed by atoms with Crippen LogP contribution < -0.4 is 14.8 Å². The van der Waals surface area contributed by atoms with Gasteiger partial charge < -0.3 is 19.9 Å². The number of nitrogens with zero attached hydrogens (tertiary/aromatic N) is 2. The lowest BCUT2D eigenvalue weighted by atomic mass is 10.2. The number of carboxylic acids is 1. The summed E-state index contributed by atoms with van der Waals surface area (Å²) in [6.07, 6.45) is -0.173. The summed E-state index contributed by atoms with van der Waals surface area (Å²) in [7, 11) is 0. The quantitative estimate of drug-likeness (QED) is 0.727. The number of aromatic carboxylic acids is 1. The van der Waals surface area contributed by atoms with Crippen LogP contribution in [0.25, 0.3) is 10.2 Å². The van der Waals surface area contributed by atoms with E-state index >= 15 is 0 Å². The Bertz CT molecular complexity index is 1000. The SMILES string of the molecule is Cc1nc(NC[C@H]2COc3ccccc3O2)c2c(C)c(C(=O)O)sc2n1. The molecular formula is C18H17N3O4S. The van der Waals surface area contributed by atoms with Gasteiger partial charge in [-0.1, -0.05) is 12.1 Å². The molecule has 1 aliphatic heterocycles. The summed E-state index contributed by atoms with van der Waals surface area (Å²) in [4.78, 5) is 21.2. The minimum Gasteiger partial charge on any atom is -0.486 e. The lowest BCUT2D eigenvalue weighted by molar-refractivity contribution is 0.0701. The Morgan fingerprint density at radius 1 is 1.31 bits per heavy atom. The van der Waals surface area contributed by atoms with Crippen molar-refractivity contribution in [1.82, 2.24) is 9.97 Å². The molecule has 0 bridgehead atoms. The number of fused-ring (bicyclic) bond motifs is 2. The first-order chi connectivity index (χ1) is 12.5.